The minimum absolute atomic E-state index is 0.0848. The Bertz CT molecular complexity index is 734. The smallest absolute Gasteiger partial charge is 0.292 e. The van der Waals surface area contributed by atoms with Crippen molar-refractivity contribution in [3.05, 3.63) is 57.9 Å². The van der Waals surface area contributed by atoms with Crippen LogP contribution in [0.15, 0.2) is 36.5 Å². The lowest BCUT2D eigenvalue weighted by molar-refractivity contribution is -0.384. The molecule has 0 saturated carbocycles. The second-order valence-corrected chi connectivity index (χ2v) is 6.07. The van der Waals surface area contributed by atoms with Crippen LogP contribution in [-0.2, 0) is 0 Å². The van der Waals surface area contributed by atoms with Crippen molar-refractivity contribution in [3.8, 4) is 0 Å². The first kappa shape index (κ1) is 16.0. The van der Waals surface area contributed by atoms with Crippen molar-refractivity contribution < 1.29 is 9.72 Å². The van der Waals surface area contributed by atoms with E-state index >= 15 is 0 Å². The minimum Gasteiger partial charge on any atom is -0.366 e. The fraction of sp³-hybridized carbons (Fsp3) is 0.353. The van der Waals surface area contributed by atoms with E-state index in [9.17, 15) is 14.9 Å². The van der Waals surface area contributed by atoms with Crippen molar-refractivity contribution in [2.75, 3.05) is 18.0 Å². The highest BCUT2D eigenvalue weighted by Gasteiger charge is 2.25. The number of nitro groups is 1. The number of benzene rings is 1. The molecule has 1 amide bonds. The quantitative estimate of drug-likeness (QED) is 0.667. The molecule has 0 radical (unpaired) electrons. The second-order valence-electron chi connectivity index (χ2n) is 6.07. The SMILES string of the molecule is Cc1ccc(N2CCC(NC(=O)c3ccc[nH]3)CC2)c([N+](=O)[O-])c1. The average molecular weight is 328 g/mol. The highest BCUT2D eigenvalue weighted by molar-refractivity contribution is 5.92. The first-order chi connectivity index (χ1) is 11.5. The summed E-state index contributed by atoms with van der Waals surface area (Å²) < 4.78 is 0. The van der Waals surface area contributed by atoms with Gasteiger partial charge in [-0.3, -0.25) is 14.9 Å². The van der Waals surface area contributed by atoms with Gasteiger partial charge in [0.05, 0.1) is 4.92 Å². The summed E-state index contributed by atoms with van der Waals surface area (Å²) in [6.07, 6.45) is 3.24. The normalized spacial score (nSPS) is 15.3. The van der Waals surface area contributed by atoms with E-state index < -0.39 is 0 Å². The second kappa shape index (κ2) is 6.74. The molecular weight excluding hydrogens is 308 g/mol. The van der Waals surface area contributed by atoms with Crippen LogP contribution in [0, 0.1) is 17.0 Å². The molecule has 1 saturated heterocycles. The summed E-state index contributed by atoms with van der Waals surface area (Å²) in [5.41, 5.74) is 2.22. The van der Waals surface area contributed by atoms with Crippen molar-refractivity contribution in [2.45, 2.75) is 25.8 Å². The standard InChI is InChI=1S/C17H20N4O3/c1-12-4-5-15(16(11-12)21(23)24)20-9-6-13(7-10-20)19-17(22)14-3-2-8-18-14/h2-5,8,11,13,18H,6-7,9-10H2,1H3,(H,19,22). The van der Waals surface area contributed by atoms with E-state index in [0.717, 1.165) is 18.4 Å². The molecule has 2 N–H and O–H groups in total. The van der Waals surface area contributed by atoms with E-state index in [4.69, 9.17) is 0 Å². The lowest BCUT2D eigenvalue weighted by Gasteiger charge is -2.33. The van der Waals surface area contributed by atoms with Crippen molar-refractivity contribution in [3.63, 3.8) is 0 Å². The number of carbonyl (C=O) groups excluding carboxylic acids is 1. The van der Waals surface area contributed by atoms with Crippen LogP contribution in [0.2, 0.25) is 0 Å². The number of aromatic nitrogens is 1. The van der Waals surface area contributed by atoms with E-state index in [2.05, 4.69) is 10.3 Å². The summed E-state index contributed by atoms with van der Waals surface area (Å²) in [6.45, 7) is 3.21. The Morgan fingerprint density at radius 3 is 2.71 bits per heavy atom. The number of nitro benzene ring substituents is 1. The molecule has 1 aromatic carbocycles. The van der Waals surface area contributed by atoms with E-state index in [1.54, 1.807) is 24.4 Å². The number of aryl methyl sites for hydroxylation is 1. The molecule has 0 bridgehead atoms. The van der Waals surface area contributed by atoms with Crippen molar-refractivity contribution in [2.24, 2.45) is 0 Å². The number of aromatic amines is 1. The third-order valence-corrected chi connectivity index (χ3v) is 4.34. The third kappa shape index (κ3) is 3.40. The van der Waals surface area contributed by atoms with E-state index in [-0.39, 0.29) is 22.6 Å². The molecule has 0 spiro atoms. The van der Waals surface area contributed by atoms with Crippen LogP contribution in [0.4, 0.5) is 11.4 Å². The van der Waals surface area contributed by atoms with Crippen LogP contribution < -0.4 is 10.2 Å². The Hall–Kier alpha value is -2.83. The molecule has 1 aliphatic rings. The maximum absolute atomic E-state index is 12.1. The van der Waals surface area contributed by atoms with Crippen LogP contribution in [0.5, 0.6) is 0 Å². The summed E-state index contributed by atoms with van der Waals surface area (Å²) in [5.74, 6) is -0.111. The van der Waals surface area contributed by atoms with Gasteiger partial charge in [-0.15, -0.1) is 0 Å². The predicted molar refractivity (Wildman–Crippen MR) is 91.3 cm³/mol. The predicted octanol–water partition coefficient (Wildman–Crippen LogP) is 2.63. The maximum Gasteiger partial charge on any atom is 0.292 e. The molecule has 126 valence electrons. The molecule has 1 aromatic heterocycles. The lowest BCUT2D eigenvalue weighted by atomic mass is 10.0. The Morgan fingerprint density at radius 2 is 2.08 bits per heavy atom. The largest absolute Gasteiger partial charge is 0.366 e. The molecule has 2 heterocycles. The zero-order valence-corrected chi connectivity index (χ0v) is 13.5. The van der Waals surface area contributed by atoms with Crippen molar-refractivity contribution in [1.82, 2.24) is 10.3 Å². The maximum atomic E-state index is 12.1. The van der Waals surface area contributed by atoms with Gasteiger partial charge in [0.2, 0.25) is 0 Å². The summed E-state index contributed by atoms with van der Waals surface area (Å²) >= 11 is 0. The highest BCUT2D eigenvalue weighted by Crippen LogP contribution is 2.31. The first-order valence-corrected chi connectivity index (χ1v) is 7.99. The Kier molecular flexibility index (Phi) is 4.50. The number of H-pyrrole nitrogens is 1. The number of hydrogen-bond donors (Lipinski definition) is 2. The van der Waals surface area contributed by atoms with Gasteiger partial charge in [0, 0.05) is 31.4 Å². The summed E-state index contributed by atoms with van der Waals surface area (Å²) in [4.78, 5) is 27.9. The van der Waals surface area contributed by atoms with Gasteiger partial charge < -0.3 is 15.2 Å². The molecule has 7 heteroatoms. The molecule has 0 aliphatic carbocycles. The number of amides is 1. The van der Waals surface area contributed by atoms with Crippen molar-refractivity contribution in [1.29, 1.82) is 0 Å². The van der Waals surface area contributed by atoms with E-state index in [0.29, 0.717) is 24.5 Å². The highest BCUT2D eigenvalue weighted by atomic mass is 16.6. The Labute approximate surface area is 139 Å². The summed E-state index contributed by atoms with van der Waals surface area (Å²) in [5, 5.41) is 14.3. The van der Waals surface area contributed by atoms with Gasteiger partial charge in [-0.05, 0) is 43.5 Å². The van der Waals surface area contributed by atoms with Crippen LogP contribution in [-0.4, -0.2) is 34.9 Å². The molecule has 3 rings (SSSR count). The number of anilines is 1. The van der Waals surface area contributed by atoms with Gasteiger partial charge in [0.25, 0.3) is 11.6 Å². The van der Waals surface area contributed by atoms with E-state index in [1.807, 2.05) is 24.0 Å². The zero-order chi connectivity index (χ0) is 17.1. The fourth-order valence-electron chi connectivity index (χ4n) is 3.05. The van der Waals surface area contributed by atoms with E-state index in [1.165, 1.54) is 0 Å². The molecule has 0 unspecified atom stereocenters. The molecular formula is C17H20N4O3. The van der Waals surface area contributed by atoms with Crippen LogP contribution in [0.3, 0.4) is 0 Å². The van der Waals surface area contributed by atoms with Gasteiger partial charge in [-0.1, -0.05) is 6.07 Å². The molecule has 1 fully saturated rings. The van der Waals surface area contributed by atoms with Crippen LogP contribution in [0.25, 0.3) is 0 Å². The van der Waals surface area contributed by atoms with Gasteiger partial charge in [0.1, 0.15) is 11.4 Å². The zero-order valence-electron chi connectivity index (χ0n) is 13.5. The fourth-order valence-corrected chi connectivity index (χ4v) is 3.05. The third-order valence-electron chi connectivity index (χ3n) is 4.34. The lowest BCUT2D eigenvalue weighted by Crippen LogP contribution is -2.45. The number of nitrogens with zero attached hydrogens (tertiary/aromatic N) is 2. The first-order valence-electron chi connectivity index (χ1n) is 7.99. The molecule has 7 nitrogen and oxygen atoms in total. The van der Waals surface area contributed by atoms with Gasteiger partial charge >= 0.3 is 0 Å². The Balaban J connectivity index is 1.63. The summed E-state index contributed by atoms with van der Waals surface area (Å²) in [6, 6.07) is 8.91. The van der Waals surface area contributed by atoms with Crippen molar-refractivity contribution >= 4 is 17.3 Å². The number of hydrogen-bond acceptors (Lipinski definition) is 4. The number of rotatable bonds is 4. The minimum atomic E-state index is -0.332. The topological polar surface area (TPSA) is 91.3 Å². The van der Waals surface area contributed by atoms with Gasteiger partial charge in [-0.2, -0.15) is 0 Å². The molecule has 1 aliphatic heterocycles. The average Bonchev–Trinajstić information content (AvgIpc) is 3.10. The number of nitrogens with one attached hydrogen (secondary N) is 2. The number of piperidine rings is 1. The van der Waals surface area contributed by atoms with Crippen LogP contribution in [0.1, 0.15) is 28.9 Å². The Morgan fingerprint density at radius 1 is 1.33 bits per heavy atom. The molecule has 0 atom stereocenters. The van der Waals surface area contributed by atoms with Gasteiger partial charge in [0.15, 0.2) is 0 Å². The number of carbonyl (C=O) groups is 1. The summed E-state index contributed by atoms with van der Waals surface area (Å²) in [7, 11) is 0. The van der Waals surface area contributed by atoms with Crippen LogP contribution >= 0.6 is 0 Å². The monoisotopic (exact) mass is 328 g/mol. The van der Waals surface area contributed by atoms with Gasteiger partial charge in [-0.25, -0.2) is 0 Å². The molecule has 2 aromatic rings. The molecule has 24 heavy (non-hydrogen) atoms.